The van der Waals surface area contributed by atoms with Gasteiger partial charge >= 0.3 is 0 Å². The summed E-state index contributed by atoms with van der Waals surface area (Å²) in [4.78, 5) is 0. The van der Waals surface area contributed by atoms with Crippen LogP contribution in [0.4, 0.5) is 0 Å². The predicted octanol–water partition coefficient (Wildman–Crippen LogP) is 11.8. The van der Waals surface area contributed by atoms with Gasteiger partial charge in [0.05, 0.1) is 119 Å². The second-order valence-corrected chi connectivity index (χ2v) is 42.2. The molecule has 0 radical (unpaired) electrons. The van der Waals surface area contributed by atoms with Crippen LogP contribution in [0, 0.1) is 41.4 Å². The lowest BCUT2D eigenvalue weighted by atomic mass is 9.83. The highest BCUT2D eigenvalue weighted by atomic mass is 31.2. The first kappa shape index (κ1) is 70.5. The Kier molecular flexibility index (Phi) is 22.7. The molecule has 9 heterocycles. The lowest BCUT2D eigenvalue weighted by molar-refractivity contribution is -0.0879. The van der Waals surface area contributed by atoms with Crippen molar-refractivity contribution in [3.8, 4) is 0 Å². The molecule has 0 aromatic carbocycles. The van der Waals surface area contributed by atoms with Gasteiger partial charge in [0, 0.05) is 75.5 Å². The molecule has 9 aliphatic heterocycles. The molecule has 9 rings (SSSR count). The molecule has 0 aliphatic carbocycles. The minimum atomic E-state index is -2.31. The van der Waals surface area contributed by atoms with Gasteiger partial charge in [-0.1, -0.05) is 79.3 Å². The van der Waals surface area contributed by atoms with Crippen LogP contribution < -0.4 is 0 Å². The molecule has 7 unspecified atom stereocenters. The van der Waals surface area contributed by atoms with Gasteiger partial charge in [-0.05, 0) is 68.2 Å². The highest BCUT2D eigenvalue weighted by Crippen LogP contribution is 2.59. The van der Waals surface area contributed by atoms with E-state index in [-0.39, 0.29) is 127 Å². The van der Waals surface area contributed by atoms with Gasteiger partial charge in [0.25, 0.3) is 0 Å². The fraction of sp³-hybridized carbons (Fsp3) is 0.897. The van der Waals surface area contributed by atoms with Gasteiger partial charge in [0.2, 0.25) is 0 Å². The lowest BCUT2D eigenvalue weighted by Gasteiger charge is -2.38. The topological polar surface area (TPSA) is 166 Å². The molecule has 24 heteroatoms. The molecular formula is C58H110O18P6. The first-order valence-corrected chi connectivity index (χ1v) is 43.2. The van der Waals surface area contributed by atoms with Crippen molar-refractivity contribution in [3.05, 3.63) is 0 Å². The third-order valence-corrected chi connectivity index (χ3v) is 27.0. The van der Waals surface area contributed by atoms with Crippen molar-refractivity contribution in [1.82, 2.24) is 0 Å². The van der Waals surface area contributed by atoms with E-state index < -0.39 is 60.8 Å². The van der Waals surface area contributed by atoms with E-state index in [1.165, 1.54) is 0 Å². The van der Waals surface area contributed by atoms with Crippen LogP contribution in [0.3, 0.4) is 0 Å². The summed E-state index contributed by atoms with van der Waals surface area (Å²) in [7, 11) is -13.7. The van der Waals surface area contributed by atoms with E-state index in [1.807, 2.05) is 67.7 Å². The maximum absolute atomic E-state index is 6.47. The summed E-state index contributed by atoms with van der Waals surface area (Å²) in [6.07, 6.45) is 24.9. The molecule has 82 heavy (non-hydrogen) atoms. The van der Waals surface area contributed by atoms with E-state index in [0.717, 1.165) is 0 Å². The van der Waals surface area contributed by atoms with Crippen molar-refractivity contribution in [2.75, 3.05) is 86.2 Å². The fourth-order valence-corrected chi connectivity index (χ4v) is 21.1. The maximum atomic E-state index is 6.47. The van der Waals surface area contributed by atoms with E-state index in [0.29, 0.717) is 46.2 Å². The molecule has 0 spiro atoms. The van der Waals surface area contributed by atoms with Gasteiger partial charge in [-0.2, -0.15) is 0 Å². The molecular weight excluding hydrogens is 1170 g/mol. The SMILES string of the molecule is C=P1(C)OCC2[C@H](C)O[C@](C)(COP(=C)(C)O[C@@H]3[C@H](C)[C@@H](CO1)O[C@H]3C)[C@H]2C.C=P1(C)OC[C@@]2(C)O[C@@H](C)[C@H](C)[C@@H]2OP(=C)(C)OC[C@H]2O[C@@H](C)[C@H](C)[C@@H]2O1.C=P1(C)OC[C@@]2(C)O[C@@H](C)[C@H](C)[C@@H]2OP(=C)(C)OC[C@H]2O[C@@H](C)[C@H](O1)[C@@H]2C. The van der Waals surface area contributed by atoms with Gasteiger partial charge in [-0.15, -0.1) is 0 Å². The lowest BCUT2D eigenvalue weighted by Crippen LogP contribution is -2.44. The molecule has 0 aromatic rings. The second kappa shape index (κ2) is 26.4. The number of hydrogen-bond acceptors (Lipinski definition) is 18. The van der Waals surface area contributed by atoms with E-state index >= 15 is 0 Å². The van der Waals surface area contributed by atoms with Crippen molar-refractivity contribution < 1.29 is 82.7 Å². The van der Waals surface area contributed by atoms with E-state index in [1.54, 1.807) is 0 Å². The second-order valence-electron chi connectivity index (χ2n) is 27.1. The molecule has 9 saturated heterocycles. The summed E-state index contributed by atoms with van der Waals surface area (Å²) in [5, 5.41) is 0. The number of ether oxygens (including phenoxy) is 6. The average molecular weight is 1280 g/mol. The third kappa shape index (κ3) is 16.8. The van der Waals surface area contributed by atoms with Crippen molar-refractivity contribution in [2.45, 2.75) is 206 Å². The Morgan fingerprint density at radius 2 is 0.646 bits per heavy atom. The average Bonchev–Trinajstić information content (AvgIpc) is 4.31. The Labute approximate surface area is 496 Å². The molecule has 18 nitrogen and oxygen atoms in total. The first-order chi connectivity index (χ1) is 37.5. The van der Waals surface area contributed by atoms with Crippen LogP contribution >= 0.6 is 44.0 Å². The highest BCUT2D eigenvalue weighted by molar-refractivity contribution is 7.65. The number of hydrogen-bond donors (Lipinski definition) is 0. The Bertz CT molecular complexity index is 2490. The highest BCUT2D eigenvalue weighted by Gasteiger charge is 2.55. The summed E-state index contributed by atoms with van der Waals surface area (Å²) in [5.41, 5.74) is -1.59. The van der Waals surface area contributed by atoms with E-state index in [4.69, 9.17) is 82.7 Å². The van der Waals surface area contributed by atoms with Crippen molar-refractivity contribution in [3.63, 3.8) is 0 Å². The standard InChI is InChI=1S/C20H38O6P2.2C19H36O6P2/c1-13-18-11-22-27(6,7)21-10-17-14(2)20(5,25-15(17)3)12-23-28(8,9)26-19(13)16(4)24-18;1-12-14(3)23-19(5)11-21-27(8,9)24-17-13(2)16(22-15(17)4)10-20-26(6,7)25-18(12)19;1-12-14(3)22-16-10-20-26(6,7)25-18-13(2)15(4)23-19(18,5)11-21-27(8,9)24-17(12)16/h13-19H,6,8,10-12H2,1-5,7,9H3;2*12-18H,6,8,10-11H2,1-5,7,9H3/t13-,14+,15+,16+,17?,18-,19-,20-,27?,28?;12-,13+,14-,15-,16+,17+,18-,19+,26?,27?;12-,13-,14-,15-,16+,17-,18-,19+,26?,27?/m100/s1. The zero-order chi connectivity index (χ0) is 61.3. The normalized spacial score (nSPS) is 57.0. The number of fused-ring (bicyclic) bond motifs is 9. The van der Waals surface area contributed by atoms with E-state index in [9.17, 15) is 0 Å². The summed E-state index contributed by atoms with van der Waals surface area (Å²) >= 11 is 0. The quantitative estimate of drug-likeness (QED) is 0.210. The van der Waals surface area contributed by atoms with Gasteiger partial charge in [0.15, 0.2) is 0 Å². The zero-order valence-corrected chi connectivity index (χ0v) is 59.2. The molecule has 0 amide bonds. The van der Waals surface area contributed by atoms with Crippen LogP contribution in [-0.4, -0.2) is 226 Å². The summed E-state index contributed by atoms with van der Waals surface area (Å²) in [6, 6.07) is 0. The minimum Gasteiger partial charge on any atom is -0.370 e. The van der Waals surface area contributed by atoms with Crippen LogP contribution in [0.15, 0.2) is 0 Å². The van der Waals surface area contributed by atoms with Gasteiger partial charge in [-0.25, -0.2) is 0 Å². The Hall–Kier alpha value is 1.08. The Morgan fingerprint density at radius 3 is 1.07 bits per heavy atom. The van der Waals surface area contributed by atoms with Gasteiger partial charge in [-0.3, -0.25) is 0 Å². The monoisotopic (exact) mass is 1280 g/mol. The largest absolute Gasteiger partial charge is 0.370 e. The smallest absolute Gasteiger partial charge is 0.116 e. The fourth-order valence-electron chi connectivity index (χ4n) is 12.9. The molecule has 0 aromatic heterocycles. The minimum absolute atomic E-state index is 0.0392. The van der Waals surface area contributed by atoms with E-state index in [2.05, 4.69) is 114 Å². The van der Waals surface area contributed by atoms with Crippen LogP contribution in [0.2, 0.25) is 0 Å². The van der Waals surface area contributed by atoms with Crippen LogP contribution in [-0.2, 0) is 82.7 Å². The van der Waals surface area contributed by atoms with Gasteiger partial charge < -0.3 is 82.7 Å². The third-order valence-electron chi connectivity index (χ3n) is 18.8. The molecule has 480 valence electrons. The van der Waals surface area contributed by atoms with Gasteiger partial charge in [0.1, 0.15) is 73.6 Å². The molecule has 9 aliphatic rings. The predicted molar refractivity (Wildman–Crippen MR) is 344 cm³/mol. The molecule has 30 atom stereocenters. The summed E-state index contributed by atoms with van der Waals surface area (Å²) in [6.45, 7) is 46.2. The molecule has 6 bridgehead atoms. The maximum Gasteiger partial charge on any atom is 0.116 e. The van der Waals surface area contributed by atoms with Crippen LogP contribution in [0.5, 0.6) is 0 Å². The Morgan fingerprint density at radius 1 is 0.317 bits per heavy atom. The van der Waals surface area contributed by atoms with Crippen molar-refractivity contribution in [1.29, 1.82) is 0 Å². The summed E-state index contributed by atoms with van der Waals surface area (Å²) < 4.78 is 113. The molecule has 0 saturated carbocycles. The number of rotatable bonds is 0. The van der Waals surface area contributed by atoms with Crippen molar-refractivity contribution in [2.24, 2.45) is 41.4 Å². The molecule has 9 fully saturated rings. The van der Waals surface area contributed by atoms with Crippen LogP contribution in [0.1, 0.15) is 104 Å². The Balaban J connectivity index is 0.000000177. The summed E-state index contributed by atoms with van der Waals surface area (Å²) in [5.74, 6) is 1.51. The van der Waals surface area contributed by atoms with Crippen LogP contribution in [0.25, 0.3) is 0 Å². The molecule has 0 N–H and O–H groups in total. The first-order valence-electron chi connectivity index (χ1n) is 29.7. The van der Waals surface area contributed by atoms with Crippen molar-refractivity contribution >= 4 is 81.8 Å². The zero-order valence-electron chi connectivity index (χ0n) is 53.8.